The van der Waals surface area contributed by atoms with E-state index in [1.807, 2.05) is 0 Å². The molecule has 0 amide bonds. The Morgan fingerprint density at radius 1 is 0.468 bits per heavy atom. The Morgan fingerprint density at radius 2 is 0.787 bits per heavy atom. The van der Waals surface area contributed by atoms with Gasteiger partial charge in [-0.1, -0.05) is 187 Å². The summed E-state index contributed by atoms with van der Waals surface area (Å²) in [7, 11) is 0. The van der Waals surface area contributed by atoms with Gasteiger partial charge < -0.3 is 14.6 Å². The molecule has 0 aromatic carbocycles. The quantitative estimate of drug-likeness (QED) is 0.0404. The molecule has 0 saturated carbocycles. The molecule has 0 aromatic heterocycles. The van der Waals surface area contributed by atoms with Gasteiger partial charge in [-0.15, -0.1) is 0 Å². The van der Waals surface area contributed by atoms with Gasteiger partial charge in [0, 0.05) is 12.8 Å². The Kier molecular flexibility index (Phi) is 38.0. The number of unbranched alkanes of at least 4 members (excludes halogenated alkanes) is 28. The zero-order chi connectivity index (χ0) is 34.3. The smallest absolute Gasteiger partial charge is 0.306 e. The largest absolute Gasteiger partial charge is 0.462 e. The monoisotopic (exact) mass is 665 g/mol. The van der Waals surface area contributed by atoms with Gasteiger partial charge in [0.15, 0.2) is 6.10 Å². The fraction of sp³-hybridized carbons (Fsp3) is 0.905. The number of rotatable bonds is 38. The molecular formula is C42H80O5. The lowest BCUT2D eigenvalue weighted by molar-refractivity contribution is -0.161. The highest BCUT2D eigenvalue weighted by Gasteiger charge is 2.16. The summed E-state index contributed by atoms with van der Waals surface area (Å²) in [6.07, 6.45) is 44.2. The topological polar surface area (TPSA) is 72.8 Å². The Morgan fingerprint density at radius 3 is 1.15 bits per heavy atom. The summed E-state index contributed by atoms with van der Waals surface area (Å²) in [6, 6.07) is 0. The predicted octanol–water partition coefficient (Wildman–Crippen LogP) is 12.9. The molecule has 1 unspecified atom stereocenters. The number of esters is 2. The van der Waals surface area contributed by atoms with Gasteiger partial charge in [0.1, 0.15) is 6.61 Å². The maximum Gasteiger partial charge on any atom is 0.306 e. The first-order valence-electron chi connectivity index (χ1n) is 20.7. The summed E-state index contributed by atoms with van der Waals surface area (Å²) in [5, 5.41) is 9.55. The van der Waals surface area contributed by atoms with E-state index in [-0.39, 0.29) is 25.2 Å². The van der Waals surface area contributed by atoms with Crippen molar-refractivity contribution < 1.29 is 24.2 Å². The van der Waals surface area contributed by atoms with Crippen LogP contribution >= 0.6 is 0 Å². The van der Waals surface area contributed by atoms with E-state index in [0.29, 0.717) is 12.8 Å². The number of carbonyl (C=O) groups excluding carboxylic acids is 2. The van der Waals surface area contributed by atoms with E-state index >= 15 is 0 Å². The molecule has 0 fully saturated rings. The minimum atomic E-state index is -0.765. The van der Waals surface area contributed by atoms with Crippen molar-refractivity contribution in [2.45, 2.75) is 232 Å². The summed E-state index contributed by atoms with van der Waals surface area (Å²) in [4.78, 5) is 24.2. The molecule has 0 aliphatic heterocycles. The van der Waals surface area contributed by atoms with Gasteiger partial charge in [-0.3, -0.25) is 9.59 Å². The van der Waals surface area contributed by atoms with Crippen molar-refractivity contribution in [1.29, 1.82) is 0 Å². The average molecular weight is 665 g/mol. The van der Waals surface area contributed by atoms with Crippen LogP contribution in [0.5, 0.6) is 0 Å². The van der Waals surface area contributed by atoms with Crippen LogP contribution in [0.25, 0.3) is 0 Å². The van der Waals surface area contributed by atoms with E-state index in [2.05, 4.69) is 26.0 Å². The Bertz CT molecular complexity index is 676. The lowest BCUT2D eigenvalue weighted by Gasteiger charge is -2.15. The molecule has 0 heterocycles. The van der Waals surface area contributed by atoms with Gasteiger partial charge in [0.25, 0.3) is 0 Å². The van der Waals surface area contributed by atoms with Crippen LogP contribution in [-0.2, 0) is 19.1 Å². The van der Waals surface area contributed by atoms with E-state index < -0.39 is 6.10 Å². The molecule has 0 aliphatic carbocycles. The van der Waals surface area contributed by atoms with Crippen LogP contribution in [0.15, 0.2) is 12.2 Å². The number of hydrogen-bond donors (Lipinski definition) is 1. The number of ether oxygens (including phenoxy) is 2. The van der Waals surface area contributed by atoms with Crippen LogP contribution in [0.1, 0.15) is 226 Å². The zero-order valence-electron chi connectivity index (χ0n) is 31.6. The number of aliphatic hydroxyl groups excluding tert-OH is 1. The second-order valence-corrected chi connectivity index (χ2v) is 14.1. The van der Waals surface area contributed by atoms with Crippen LogP contribution < -0.4 is 0 Å². The van der Waals surface area contributed by atoms with E-state index in [1.165, 1.54) is 161 Å². The Labute approximate surface area is 292 Å². The van der Waals surface area contributed by atoms with Crippen molar-refractivity contribution >= 4 is 11.9 Å². The molecule has 0 saturated heterocycles. The molecule has 1 N–H and O–H groups in total. The third kappa shape index (κ3) is 37.3. The third-order valence-electron chi connectivity index (χ3n) is 9.31. The normalized spacial score (nSPS) is 12.1. The van der Waals surface area contributed by atoms with Crippen molar-refractivity contribution in [2.24, 2.45) is 0 Å². The predicted molar refractivity (Wildman–Crippen MR) is 201 cm³/mol. The summed E-state index contributed by atoms with van der Waals surface area (Å²) < 4.78 is 10.6. The number of carbonyl (C=O) groups is 2. The lowest BCUT2D eigenvalue weighted by atomic mass is 10.0. The maximum atomic E-state index is 12.2. The van der Waals surface area contributed by atoms with Crippen LogP contribution in [0.2, 0.25) is 0 Å². The van der Waals surface area contributed by atoms with Crippen LogP contribution in [0.4, 0.5) is 0 Å². The van der Waals surface area contributed by atoms with Crippen molar-refractivity contribution in [3.63, 3.8) is 0 Å². The SMILES string of the molecule is CCCCCCCCCC/C=C\CCCCCCCCCCCC(=O)OC(CO)COC(=O)CCCCCCCCCCCCCC. The van der Waals surface area contributed by atoms with E-state index in [4.69, 9.17) is 9.47 Å². The highest BCUT2D eigenvalue weighted by atomic mass is 16.6. The molecule has 0 aliphatic rings. The molecule has 0 aromatic rings. The zero-order valence-corrected chi connectivity index (χ0v) is 31.6. The first kappa shape index (κ1) is 45.6. The number of aliphatic hydroxyl groups is 1. The van der Waals surface area contributed by atoms with Gasteiger partial charge in [0.2, 0.25) is 0 Å². The molecule has 278 valence electrons. The summed E-state index contributed by atoms with van der Waals surface area (Å²) in [5.41, 5.74) is 0. The first-order chi connectivity index (χ1) is 23.1. The number of hydrogen-bond acceptors (Lipinski definition) is 5. The van der Waals surface area contributed by atoms with Crippen molar-refractivity contribution in [2.75, 3.05) is 13.2 Å². The molecule has 5 nitrogen and oxygen atoms in total. The summed E-state index contributed by atoms with van der Waals surface area (Å²) >= 11 is 0. The van der Waals surface area contributed by atoms with Gasteiger partial charge in [-0.25, -0.2) is 0 Å². The van der Waals surface area contributed by atoms with Crippen LogP contribution in [0, 0.1) is 0 Å². The Balaban J connectivity index is 3.49. The standard InChI is InChI=1S/C42H80O5/c1-3-5-7-9-11-13-15-17-18-19-20-21-22-23-24-25-27-29-31-33-35-37-42(45)47-40(38-43)39-46-41(44)36-34-32-30-28-26-16-14-12-10-8-6-4-2/h19-20,40,43H,3-18,21-39H2,1-2H3/b20-19-. The van der Waals surface area contributed by atoms with Crippen molar-refractivity contribution in [1.82, 2.24) is 0 Å². The first-order valence-corrected chi connectivity index (χ1v) is 20.7. The number of allylic oxidation sites excluding steroid dienone is 2. The van der Waals surface area contributed by atoms with Crippen LogP contribution in [-0.4, -0.2) is 36.4 Å². The van der Waals surface area contributed by atoms with Crippen molar-refractivity contribution in [3.8, 4) is 0 Å². The van der Waals surface area contributed by atoms with E-state index in [0.717, 1.165) is 38.5 Å². The van der Waals surface area contributed by atoms with Gasteiger partial charge in [0.05, 0.1) is 6.61 Å². The third-order valence-corrected chi connectivity index (χ3v) is 9.31. The maximum absolute atomic E-state index is 12.2. The van der Waals surface area contributed by atoms with E-state index in [1.54, 1.807) is 0 Å². The molecule has 1 atom stereocenters. The van der Waals surface area contributed by atoms with Gasteiger partial charge in [-0.2, -0.15) is 0 Å². The fourth-order valence-corrected chi connectivity index (χ4v) is 6.14. The second kappa shape index (κ2) is 39.1. The minimum absolute atomic E-state index is 0.0606. The molecule has 0 spiro atoms. The van der Waals surface area contributed by atoms with Crippen molar-refractivity contribution in [3.05, 3.63) is 12.2 Å². The molecule has 0 bridgehead atoms. The highest BCUT2D eigenvalue weighted by Crippen LogP contribution is 2.15. The lowest BCUT2D eigenvalue weighted by Crippen LogP contribution is -2.28. The van der Waals surface area contributed by atoms with Gasteiger partial charge >= 0.3 is 11.9 Å². The van der Waals surface area contributed by atoms with Crippen LogP contribution in [0.3, 0.4) is 0 Å². The molecule has 5 heteroatoms. The summed E-state index contributed by atoms with van der Waals surface area (Å²) in [6.45, 7) is 4.15. The Hall–Kier alpha value is -1.36. The van der Waals surface area contributed by atoms with Gasteiger partial charge in [-0.05, 0) is 38.5 Å². The fourth-order valence-electron chi connectivity index (χ4n) is 6.14. The highest BCUT2D eigenvalue weighted by molar-refractivity contribution is 5.70. The molecule has 0 radical (unpaired) electrons. The molecular weight excluding hydrogens is 584 g/mol. The minimum Gasteiger partial charge on any atom is -0.462 e. The van der Waals surface area contributed by atoms with E-state index in [9.17, 15) is 14.7 Å². The average Bonchev–Trinajstić information content (AvgIpc) is 3.07. The molecule has 47 heavy (non-hydrogen) atoms. The second-order valence-electron chi connectivity index (χ2n) is 14.1. The summed E-state index contributed by atoms with van der Waals surface area (Å²) in [5.74, 6) is -0.583. The molecule has 0 rings (SSSR count).